The summed E-state index contributed by atoms with van der Waals surface area (Å²) in [5, 5.41) is 0. The fourth-order valence-corrected chi connectivity index (χ4v) is 3.16. The van der Waals surface area contributed by atoms with Gasteiger partial charge in [-0.1, -0.05) is 26.3 Å². The minimum absolute atomic E-state index is 0.714. The van der Waals surface area contributed by atoms with Gasteiger partial charge in [0.2, 0.25) is 0 Å². The molecule has 0 aliphatic rings. The zero-order valence-electron chi connectivity index (χ0n) is 10.0. The number of hydrogen-bond acceptors (Lipinski definition) is 2. The summed E-state index contributed by atoms with van der Waals surface area (Å²) in [5.74, 6) is 1.96. The second kappa shape index (κ2) is 7.36. The molecule has 1 aromatic carbocycles. The van der Waals surface area contributed by atoms with Crippen LogP contribution in [0.25, 0.3) is 0 Å². The van der Waals surface area contributed by atoms with Crippen LogP contribution in [0.5, 0.6) is 0 Å². The molecule has 2 N–H and O–H groups in total. The third-order valence-corrected chi connectivity index (χ3v) is 4.97. The molecule has 1 unspecified atom stereocenters. The molecule has 0 spiro atoms. The van der Waals surface area contributed by atoms with Crippen molar-refractivity contribution >= 4 is 27.7 Å². The molecule has 0 aliphatic carbocycles. The van der Waals surface area contributed by atoms with E-state index in [4.69, 9.17) is 5.73 Å². The Morgan fingerprint density at radius 3 is 2.75 bits per heavy atom. The molecule has 1 nitrogen and oxygen atoms in total. The Morgan fingerprint density at radius 2 is 2.19 bits per heavy atom. The van der Waals surface area contributed by atoms with Crippen molar-refractivity contribution in [3.05, 3.63) is 28.2 Å². The molecular formula is C13H20BrNS. The van der Waals surface area contributed by atoms with Crippen LogP contribution in [0.15, 0.2) is 27.6 Å². The SMILES string of the molecule is CCC(C)CSc1ccc(CCN)cc1Br. The van der Waals surface area contributed by atoms with E-state index in [2.05, 4.69) is 48.0 Å². The van der Waals surface area contributed by atoms with E-state index >= 15 is 0 Å². The second-order valence-corrected chi connectivity index (χ2v) is 6.04. The zero-order valence-corrected chi connectivity index (χ0v) is 12.4. The topological polar surface area (TPSA) is 26.0 Å². The summed E-state index contributed by atoms with van der Waals surface area (Å²) >= 11 is 5.56. The van der Waals surface area contributed by atoms with Crippen LogP contribution >= 0.6 is 27.7 Å². The summed E-state index contributed by atoms with van der Waals surface area (Å²) in [4.78, 5) is 1.33. The Bertz CT molecular complexity index is 328. The number of benzene rings is 1. The Balaban J connectivity index is 2.60. The van der Waals surface area contributed by atoms with E-state index in [1.165, 1.54) is 27.1 Å². The van der Waals surface area contributed by atoms with Crippen molar-refractivity contribution < 1.29 is 0 Å². The van der Waals surface area contributed by atoms with E-state index in [1.54, 1.807) is 0 Å². The first-order chi connectivity index (χ1) is 7.67. The Hall–Kier alpha value is 0.01000. The molecule has 3 heteroatoms. The van der Waals surface area contributed by atoms with Crippen LogP contribution < -0.4 is 5.73 Å². The predicted octanol–water partition coefficient (Wildman–Crippen LogP) is 4.09. The van der Waals surface area contributed by atoms with Gasteiger partial charge in [-0.05, 0) is 52.5 Å². The summed E-state index contributed by atoms with van der Waals surface area (Å²) < 4.78 is 1.20. The van der Waals surface area contributed by atoms with Crippen molar-refractivity contribution in [3.63, 3.8) is 0 Å². The Morgan fingerprint density at radius 1 is 1.44 bits per heavy atom. The second-order valence-electron chi connectivity index (χ2n) is 4.13. The minimum Gasteiger partial charge on any atom is -0.330 e. The number of halogens is 1. The van der Waals surface area contributed by atoms with E-state index in [-0.39, 0.29) is 0 Å². The Kier molecular flexibility index (Phi) is 6.47. The lowest BCUT2D eigenvalue weighted by atomic mass is 10.1. The average molecular weight is 302 g/mol. The molecule has 1 rings (SSSR count). The molecule has 90 valence electrons. The van der Waals surface area contributed by atoms with Gasteiger partial charge in [0, 0.05) is 15.1 Å². The summed E-state index contributed by atoms with van der Waals surface area (Å²) in [5.41, 5.74) is 6.85. The lowest BCUT2D eigenvalue weighted by molar-refractivity contribution is 0.637. The summed E-state index contributed by atoms with van der Waals surface area (Å²) in [6.45, 7) is 5.25. The van der Waals surface area contributed by atoms with E-state index in [1.807, 2.05) is 11.8 Å². The lowest BCUT2D eigenvalue weighted by Gasteiger charge is -2.10. The van der Waals surface area contributed by atoms with Gasteiger partial charge in [-0.2, -0.15) is 0 Å². The fraction of sp³-hybridized carbons (Fsp3) is 0.538. The molecule has 0 radical (unpaired) electrons. The van der Waals surface area contributed by atoms with Crippen molar-refractivity contribution in [3.8, 4) is 0 Å². The van der Waals surface area contributed by atoms with Crippen LogP contribution in [0, 0.1) is 5.92 Å². The molecule has 16 heavy (non-hydrogen) atoms. The van der Waals surface area contributed by atoms with Crippen LogP contribution in [0.4, 0.5) is 0 Å². The maximum absolute atomic E-state index is 5.54. The molecular weight excluding hydrogens is 282 g/mol. The molecule has 0 aromatic heterocycles. The molecule has 1 atom stereocenters. The summed E-state index contributed by atoms with van der Waals surface area (Å²) in [7, 11) is 0. The van der Waals surface area contributed by atoms with E-state index < -0.39 is 0 Å². The van der Waals surface area contributed by atoms with Crippen LogP contribution in [-0.2, 0) is 6.42 Å². The van der Waals surface area contributed by atoms with E-state index in [0.29, 0.717) is 6.54 Å². The summed E-state index contributed by atoms with van der Waals surface area (Å²) in [6, 6.07) is 6.56. The smallest absolute Gasteiger partial charge is 0.0313 e. The fourth-order valence-electron chi connectivity index (χ4n) is 1.33. The minimum atomic E-state index is 0.714. The number of thioether (sulfide) groups is 1. The molecule has 0 amide bonds. The molecule has 0 saturated heterocycles. The highest BCUT2D eigenvalue weighted by Gasteiger charge is 2.04. The van der Waals surface area contributed by atoms with E-state index in [9.17, 15) is 0 Å². The van der Waals surface area contributed by atoms with Crippen molar-refractivity contribution in [2.24, 2.45) is 11.7 Å². The number of nitrogens with two attached hydrogens (primary N) is 1. The third-order valence-electron chi connectivity index (χ3n) is 2.65. The van der Waals surface area contributed by atoms with Crippen molar-refractivity contribution in [2.75, 3.05) is 12.3 Å². The first-order valence-electron chi connectivity index (χ1n) is 5.78. The first kappa shape index (κ1) is 14.1. The highest BCUT2D eigenvalue weighted by atomic mass is 79.9. The third kappa shape index (κ3) is 4.48. The van der Waals surface area contributed by atoms with Gasteiger partial charge in [0.05, 0.1) is 0 Å². The maximum Gasteiger partial charge on any atom is 0.0313 e. The molecule has 0 bridgehead atoms. The molecule has 0 fully saturated rings. The Labute approximate surface area is 111 Å². The normalized spacial score (nSPS) is 12.8. The summed E-state index contributed by atoms with van der Waals surface area (Å²) in [6.07, 6.45) is 2.20. The van der Waals surface area contributed by atoms with Gasteiger partial charge in [-0.25, -0.2) is 0 Å². The van der Waals surface area contributed by atoms with Crippen LogP contribution in [-0.4, -0.2) is 12.3 Å². The zero-order chi connectivity index (χ0) is 12.0. The van der Waals surface area contributed by atoms with Crippen LogP contribution in [0.3, 0.4) is 0 Å². The van der Waals surface area contributed by atoms with Crippen LogP contribution in [0.1, 0.15) is 25.8 Å². The van der Waals surface area contributed by atoms with Gasteiger partial charge >= 0.3 is 0 Å². The molecule has 0 aliphatic heterocycles. The average Bonchev–Trinajstić information content (AvgIpc) is 2.28. The van der Waals surface area contributed by atoms with E-state index in [0.717, 1.165) is 12.3 Å². The first-order valence-corrected chi connectivity index (χ1v) is 7.56. The van der Waals surface area contributed by atoms with Gasteiger partial charge in [0.15, 0.2) is 0 Å². The lowest BCUT2D eigenvalue weighted by Crippen LogP contribution is -2.02. The standard InChI is InChI=1S/C13H20BrNS/c1-3-10(2)9-16-13-5-4-11(6-7-15)8-12(13)14/h4-5,8,10H,3,6-7,9,15H2,1-2H3. The van der Waals surface area contributed by atoms with Gasteiger partial charge in [-0.3, -0.25) is 0 Å². The molecule has 1 aromatic rings. The highest BCUT2D eigenvalue weighted by molar-refractivity contribution is 9.10. The van der Waals surface area contributed by atoms with Crippen molar-refractivity contribution in [1.29, 1.82) is 0 Å². The molecule has 0 heterocycles. The highest BCUT2D eigenvalue weighted by Crippen LogP contribution is 2.30. The largest absolute Gasteiger partial charge is 0.330 e. The van der Waals surface area contributed by atoms with Gasteiger partial charge in [0.1, 0.15) is 0 Å². The van der Waals surface area contributed by atoms with Crippen LogP contribution in [0.2, 0.25) is 0 Å². The number of hydrogen-bond donors (Lipinski definition) is 1. The van der Waals surface area contributed by atoms with Crippen molar-refractivity contribution in [1.82, 2.24) is 0 Å². The quantitative estimate of drug-likeness (QED) is 0.801. The van der Waals surface area contributed by atoms with Gasteiger partial charge < -0.3 is 5.73 Å². The molecule has 0 saturated carbocycles. The van der Waals surface area contributed by atoms with Crippen molar-refractivity contribution in [2.45, 2.75) is 31.6 Å². The maximum atomic E-state index is 5.54. The number of rotatable bonds is 6. The monoisotopic (exact) mass is 301 g/mol. The predicted molar refractivity (Wildman–Crippen MR) is 77.1 cm³/mol. The van der Waals surface area contributed by atoms with Gasteiger partial charge in [-0.15, -0.1) is 11.8 Å². The van der Waals surface area contributed by atoms with Gasteiger partial charge in [0.25, 0.3) is 0 Å².